The standard InChI is InChI=1S/C15H9Cl2F3N2O3S/c16-13(17)14(23)21-9-3-1-2-4-11(9)26-12-6-5-8(15(18,19)20)7-10(12)22(24)25/h1-7,13H,(H,21,23). The first-order valence-electron chi connectivity index (χ1n) is 6.81. The summed E-state index contributed by atoms with van der Waals surface area (Å²) in [6, 6.07) is 8.48. The molecule has 11 heteroatoms. The number of nitro benzene ring substituents is 1. The van der Waals surface area contributed by atoms with Gasteiger partial charge in [-0.2, -0.15) is 13.2 Å². The van der Waals surface area contributed by atoms with Gasteiger partial charge < -0.3 is 5.32 Å². The van der Waals surface area contributed by atoms with Gasteiger partial charge in [0, 0.05) is 11.0 Å². The van der Waals surface area contributed by atoms with E-state index in [4.69, 9.17) is 23.2 Å². The van der Waals surface area contributed by atoms with E-state index in [-0.39, 0.29) is 10.6 Å². The fraction of sp³-hybridized carbons (Fsp3) is 0.133. The fourth-order valence-electron chi connectivity index (χ4n) is 1.89. The van der Waals surface area contributed by atoms with Crippen molar-refractivity contribution in [2.24, 2.45) is 0 Å². The van der Waals surface area contributed by atoms with Gasteiger partial charge in [-0.3, -0.25) is 14.9 Å². The second-order valence-electron chi connectivity index (χ2n) is 4.83. The third kappa shape index (κ3) is 5.03. The van der Waals surface area contributed by atoms with Crippen LogP contribution >= 0.6 is 35.0 Å². The third-order valence-electron chi connectivity index (χ3n) is 3.05. The molecule has 0 unspecified atom stereocenters. The molecular weight excluding hydrogens is 416 g/mol. The predicted octanol–water partition coefficient (Wildman–Crippen LogP) is 5.51. The number of rotatable bonds is 5. The summed E-state index contributed by atoms with van der Waals surface area (Å²) < 4.78 is 38.3. The number of halogens is 5. The van der Waals surface area contributed by atoms with Gasteiger partial charge in [-0.05, 0) is 24.3 Å². The minimum absolute atomic E-state index is 0.0157. The molecule has 5 nitrogen and oxygen atoms in total. The van der Waals surface area contributed by atoms with Crippen LogP contribution in [0.25, 0.3) is 0 Å². The Balaban J connectivity index is 2.40. The molecule has 0 saturated carbocycles. The molecular formula is C15H9Cl2F3N2O3S. The number of alkyl halides is 5. The van der Waals surface area contributed by atoms with Crippen molar-refractivity contribution in [3.8, 4) is 0 Å². The van der Waals surface area contributed by atoms with Crippen LogP contribution in [0.5, 0.6) is 0 Å². The number of nitrogens with one attached hydrogen (secondary N) is 1. The highest BCUT2D eigenvalue weighted by molar-refractivity contribution is 7.99. The van der Waals surface area contributed by atoms with Crippen molar-refractivity contribution in [2.75, 3.05) is 5.32 Å². The molecule has 0 bridgehead atoms. The Hall–Kier alpha value is -1.97. The highest BCUT2D eigenvalue weighted by atomic mass is 35.5. The summed E-state index contributed by atoms with van der Waals surface area (Å²) >= 11 is 11.8. The lowest BCUT2D eigenvalue weighted by molar-refractivity contribution is -0.388. The first-order valence-corrected chi connectivity index (χ1v) is 8.50. The zero-order valence-electron chi connectivity index (χ0n) is 12.6. The molecule has 138 valence electrons. The SMILES string of the molecule is O=C(Nc1ccccc1Sc1ccc(C(F)(F)F)cc1[N+](=O)[O-])C(Cl)Cl. The molecule has 0 fully saturated rings. The Kier molecular flexibility index (Phi) is 6.38. The molecule has 26 heavy (non-hydrogen) atoms. The number of carbonyl (C=O) groups is 1. The second-order valence-corrected chi connectivity index (χ2v) is 7.01. The van der Waals surface area contributed by atoms with Crippen LogP contribution in [0.4, 0.5) is 24.5 Å². The van der Waals surface area contributed by atoms with Crippen molar-refractivity contribution in [1.82, 2.24) is 0 Å². The number of amides is 1. The molecule has 1 amide bonds. The Labute approximate surface area is 159 Å². The lowest BCUT2D eigenvalue weighted by atomic mass is 10.2. The number of benzene rings is 2. The number of nitro groups is 1. The van der Waals surface area contributed by atoms with Crippen molar-refractivity contribution >= 4 is 52.2 Å². The Morgan fingerprint density at radius 3 is 2.38 bits per heavy atom. The Bertz CT molecular complexity index is 847. The summed E-state index contributed by atoms with van der Waals surface area (Å²) in [6.45, 7) is 0. The van der Waals surface area contributed by atoms with E-state index in [9.17, 15) is 28.1 Å². The van der Waals surface area contributed by atoms with Crippen molar-refractivity contribution in [3.63, 3.8) is 0 Å². The minimum atomic E-state index is -4.70. The first-order chi connectivity index (χ1) is 12.1. The number of carbonyl (C=O) groups excluding carboxylic acids is 1. The largest absolute Gasteiger partial charge is 0.416 e. The summed E-state index contributed by atoms with van der Waals surface area (Å²) in [5.74, 6) is -0.705. The molecule has 0 aliphatic heterocycles. The van der Waals surface area contributed by atoms with Gasteiger partial charge in [-0.1, -0.05) is 47.1 Å². The number of hydrogen-bond acceptors (Lipinski definition) is 4. The molecule has 2 rings (SSSR count). The number of anilines is 1. The minimum Gasteiger partial charge on any atom is -0.323 e. The Morgan fingerprint density at radius 1 is 1.15 bits per heavy atom. The number of nitrogens with zero attached hydrogens (tertiary/aromatic N) is 1. The summed E-state index contributed by atoms with van der Waals surface area (Å²) in [5.41, 5.74) is -1.55. The maximum Gasteiger partial charge on any atom is 0.416 e. The van der Waals surface area contributed by atoms with Crippen LogP contribution in [0.3, 0.4) is 0 Å². The van der Waals surface area contributed by atoms with Gasteiger partial charge in [0.1, 0.15) is 0 Å². The van der Waals surface area contributed by atoms with Gasteiger partial charge >= 0.3 is 6.18 Å². The van der Waals surface area contributed by atoms with E-state index in [1.54, 1.807) is 18.2 Å². The quantitative estimate of drug-likeness (QED) is 0.390. The molecule has 2 aromatic carbocycles. The third-order valence-corrected chi connectivity index (χ3v) is 4.58. The van der Waals surface area contributed by atoms with Gasteiger partial charge in [0.15, 0.2) is 4.84 Å². The predicted molar refractivity (Wildman–Crippen MR) is 92.8 cm³/mol. The van der Waals surface area contributed by atoms with Crippen LogP contribution in [-0.4, -0.2) is 15.7 Å². The first kappa shape index (κ1) is 20.3. The molecule has 2 aromatic rings. The van der Waals surface area contributed by atoms with Crippen LogP contribution in [0.2, 0.25) is 0 Å². The molecule has 0 aliphatic carbocycles. The van der Waals surface area contributed by atoms with Gasteiger partial charge in [0.25, 0.3) is 11.6 Å². The summed E-state index contributed by atoms with van der Waals surface area (Å²) in [4.78, 5) is 20.9. The van der Waals surface area contributed by atoms with E-state index < -0.39 is 33.1 Å². The van der Waals surface area contributed by atoms with Crippen molar-refractivity contribution in [3.05, 3.63) is 58.1 Å². The molecule has 1 N–H and O–H groups in total. The zero-order valence-corrected chi connectivity index (χ0v) is 14.9. The highest BCUT2D eigenvalue weighted by Crippen LogP contribution is 2.41. The van der Waals surface area contributed by atoms with Gasteiger partial charge in [0.05, 0.1) is 21.1 Å². The van der Waals surface area contributed by atoms with E-state index in [1.165, 1.54) is 6.07 Å². The molecule has 0 aromatic heterocycles. The molecule has 0 atom stereocenters. The van der Waals surface area contributed by atoms with E-state index in [0.717, 1.165) is 23.9 Å². The average Bonchev–Trinajstić information content (AvgIpc) is 2.55. The average molecular weight is 425 g/mol. The van der Waals surface area contributed by atoms with Crippen molar-refractivity contribution < 1.29 is 22.9 Å². The van der Waals surface area contributed by atoms with Crippen molar-refractivity contribution in [2.45, 2.75) is 20.8 Å². The van der Waals surface area contributed by atoms with Crippen LogP contribution in [0.15, 0.2) is 52.3 Å². The smallest absolute Gasteiger partial charge is 0.323 e. The second kappa shape index (κ2) is 8.15. The summed E-state index contributed by atoms with van der Waals surface area (Å²) in [7, 11) is 0. The monoisotopic (exact) mass is 424 g/mol. The Morgan fingerprint density at radius 2 is 1.81 bits per heavy atom. The highest BCUT2D eigenvalue weighted by Gasteiger charge is 2.33. The fourth-order valence-corrected chi connectivity index (χ4v) is 2.98. The molecule has 0 heterocycles. The molecule has 0 saturated heterocycles. The topological polar surface area (TPSA) is 72.2 Å². The van der Waals surface area contributed by atoms with Gasteiger partial charge in [0.2, 0.25) is 0 Å². The van der Waals surface area contributed by atoms with Crippen LogP contribution in [-0.2, 0) is 11.0 Å². The lowest BCUT2D eigenvalue weighted by Gasteiger charge is -2.12. The summed E-state index contributed by atoms with van der Waals surface area (Å²) in [6.07, 6.45) is -4.70. The molecule has 0 radical (unpaired) electrons. The van der Waals surface area contributed by atoms with Crippen LogP contribution < -0.4 is 5.32 Å². The van der Waals surface area contributed by atoms with Gasteiger partial charge in [-0.25, -0.2) is 0 Å². The number of hydrogen-bond donors (Lipinski definition) is 1. The maximum absolute atomic E-state index is 12.8. The van der Waals surface area contributed by atoms with Crippen LogP contribution in [0.1, 0.15) is 5.56 Å². The van der Waals surface area contributed by atoms with E-state index in [0.29, 0.717) is 11.0 Å². The normalized spacial score (nSPS) is 11.5. The maximum atomic E-state index is 12.8. The molecule has 0 aliphatic rings. The van der Waals surface area contributed by atoms with E-state index >= 15 is 0 Å². The van der Waals surface area contributed by atoms with E-state index in [1.807, 2.05) is 0 Å². The summed E-state index contributed by atoms with van der Waals surface area (Å²) in [5, 5.41) is 13.6. The van der Waals surface area contributed by atoms with E-state index in [2.05, 4.69) is 5.32 Å². The van der Waals surface area contributed by atoms with Gasteiger partial charge in [-0.15, -0.1) is 0 Å². The van der Waals surface area contributed by atoms with Crippen molar-refractivity contribution in [1.29, 1.82) is 0 Å². The zero-order chi connectivity index (χ0) is 19.5. The molecule has 0 spiro atoms. The van der Waals surface area contributed by atoms with Crippen LogP contribution in [0, 0.1) is 10.1 Å². The lowest BCUT2D eigenvalue weighted by Crippen LogP contribution is -2.18. The number of para-hydroxylation sites is 1.